The lowest BCUT2D eigenvalue weighted by atomic mass is 10.1. The SMILES string of the molecule is Cc1c(C(=O)O)cccc1S(=O)(=O)NCc1ncon1. The summed E-state index contributed by atoms with van der Waals surface area (Å²) in [6.45, 7) is 1.29. The Bertz CT molecular complexity index is 725. The van der Waals surface area contributed by atoms with Crippen LogP contribution >= 0.6 is 0 Å². The van der Waals surface area contributed by atoms with Gasteiger partial charge < -0.3 is 9.63 Å². The summed E-state index contributed by atoms with van der Waals surface area (Å²) in [5.74, 6) is -1.00. The van der Waals surface area contributed by atoms with E-state index in [2.05, 4.69) is 19.4 Å². The van der Waals surface area contributed by atoms with Crippen LogP contribution in [0.4, 0.5) is 0 Å². The van der Waals surface area contributed by atoms with E-state index in [1.54, 1.807) is 0 Å². The number of nitrogens with zero attached hydrogens (tertiary/aromatic N) is 2. The van der Waals surface area contributed by atoms with E-state index in [1.165, 1.54) is 25.1 Å². The van der Waals surface area contributed by atoms with Crippen molar-refractivity contribution >= 4 is 16.0 Å². The molecule has 20 heavy (non-hydrogen) atoms. The van der Waals surface area contributed by atoms with E-state index in [0.717, 1.165) is 6.39 Å². The molecule has 0 radical (unpaired) electrons. The van der Waals surface area contributed by atoms with Crippen molar-refractivity contribution in [2.24, 2.45) is 0 Å². The van der Waals surface area contributed by atoms with Crippen molar-refractivity contribution in [2.75, 3.05) is 0 Å². The van der Waals surface area contributed by atoms with Crippen molar-refractivity contribution in [3.63, 3.8) is 0 Å². The number of hydrogen-bond donors (Lipinski definition) is 2. The zero-order chi connectivity index (χ0) is 14.8. The molecule has 2 N–H and O–H groups in total. The maximum atomic E-state index is 12.1. The lowest BCUT2D eigenvalue weighted by molar-refractivity contribution is 0.0696. The Kier molecular flexibility index (Phi) is 3.81. The number of aromatic carboxylic acids is 1. The summed E-state index contributed by atoms with van der Waals surface area (Å²) >= 11 is 0. The third kappa shape index (κ3) is 2.83. The van der Waals surface area contributed by atoms with Crippen molar-refractivity contribution in [3.8, 4) is 0 Å². The molecule has 1 heterocycles. The summed E-state index contributed by atoms with van der Waals surface area (Å²) in [6.07, 6.45) is 1.08. The second-order valence-corrected chi connectivity index (χ2v) is 5.64. The van der Waals surface area contributed by atoms with Gasteiger partial charge in [-0.25, -0.2) is 17.9 Å². The van der Waals surface area contributed by atoms with Crippen molar-refractivity contribution in [1.82, 2.24) is 14.9 Å². The van der Waals surface area contributed by atoms with Gasteiger partial charge >= 0.3 is 5.97 Å². The Balaban J connectivity index is 2.30. The standard InChI is InChI=1S/C11H11N3O5S/c1-7-8(11(15)16)3-2-4-9(7)20(17,18)13-5-10-12-6-19-14-10/h2-4,6,13H,5H2,1H3,(H,15,16). The lowest BCUT2D eigenvalue weighted by Gasteiger charge is -2.09. The van der Waals surface area contributed by atoms with Crippen LogP contribution in [0.2, 0.25) is 0 Å². The van der Waals surface area contributed by atoms with E-state index in [9.17, 15) is 13.2 Å². The average molecular weight is 297 g/mol. The van der Waals surface area contributed by atoms with Gasteiger partial charge in [0.1, 0.15) is 0 Å². The number of benzene rings is 1. The number of sulfonamides is 1. The summed E-state index contributed by atoms with van der Waals surface area (Å²) < 4.78 is 31.0. The quantitative estimate of drug-likeness (QED) is 0.826. The first-order chi connectivity index (χ1) is 9.42. The Morgan fingerprint density at radius 2 is 2.20 bits per heavy atom. The molecular weight excluding hydrogens is 286 g/mol. The fourth-order valence-corrected chi connectivity index (χ4v) is 2.89. The highest BCUT2D eigenvalue weighted by atomic mass is 32.2. The summed E-state index contributed by atoms with van der Waals surface area (Å²) in [4.78, 5) is 14.6. The molecule has 2 rings (SSSR count). The topological polar surface area (TPSA) is 122 Å². The fraction of sp³-hybridized carbons (Fsp3) is 0.182. The Morgan fingerprint density at radius 1 is 1.45 bits per heavy atom. The molecule has 9 heteroatoms. The van der Waals surface area contributed by atoms with Crippen LogP contribution in [0.15, 0.2) is 34.0 Å². The Hall–Kier alpha value is -2.26. The second-order valence-electron chi connectivity index (χ2n) is 3.91. The minimum absolute atomic E-state index is 0.0626. The molecule has 8 nitrogen and oxygen atoms in total. The minimum atomic E-state index is -3.86. The molecule has 106 valence electrons. The average Bonchev–Trinajstić information content (AvgIpc) is 2.89. The lowest BCUT2D eigenvalue weighted by Crippen LogP contribution is -2.25. The first kappa shape index (κ1) is 14.2. The molecule has 0 aliphatic carbocycles. The molecule has 0 aliphatic heterocycles. The van der Waals surface area contributed by atoms with E-state index in [4.69, 9.17) is 5.11 Å². The summed E-state index contributed by atoms with van der Waals surface area (Å²) in [7, 11) is -3.86. The molecule has 0 unspecified atom stereocenters. The second kappa shape index (κ2) is 5.39. The van der Waals surface area contributed by atoms with E-state index >= 15 is 0 Å². The number of rotatable bonds is 5. The van der Waals surface area contributed by atoms with Crippen molar-refractivity contribution < 1.29 is 22.8 Å². The van der Waals surface area contributed by atoms with Gasteiger partial charge in [-0.3, -0.25) is 0 Å². The maximum Gasteiger partial charge on any atom is 0.335 e. The van der Waals surface area contributed by atoms with Gasteiger partial charge in [-0.1, -0.05) is 11.2 Å². The third-order valence-electron chi connectivity index (χ3n) is 2.63. The Morgan fingerprint density at radius 3 is 2.80 bits per heavy atom. The van der Waals surface area contributed by atoms with Crippen molar-refractivity contribution in [1.29, 1.82) is 0 Å². The van der Waals surface area contributed by atoms with Crippen LogP contribution in [0.5, 0.6) is 0 Å². The van der Waals surface area contributed by atoms with Crippen LogP contribution < -0.4 is 4.72 Å². The number of carboxylic acids is 1. The first-order valence-electron chi connectivity index (χ1n) is 5.49. The summed E-state index contributed by atoms with van der Waals surface area (Å²) in [6, 6.07) is 4.05. The zero-order valence-electron chi connectivity index (χ0n) is 10.4. The van der Waals surface area contributed by atoms with Gasteiger partial charge in [0.25, 0.3) is 0 Å². The van der Waals surface area contributed by atoms with Crippen LogP contribution in [0.25, 0.3) is 0 Å². The molecule has 0 bridgehead atoms. The molecule has 0 fully saturated rings. The minimum Gasteiger partial charge on any atom is -0.478 e. The smallest absolute Gasteiger partial charge is 0.335 e. The summed E-state index contributed by atoms with van der Waals surface area (Å²) in [5.41, 5.74) is 0.105. The molecule has 0 saturated heterocycles. The maximum absolute atomic E-state index is 12.1. The number of aromatic nitrogens is 2. The van der Waals surface area contributed by atoms with Gasteiger partial charge in [0, 0.05) is 0 Å². The Labute approximate surface area is 114 Å². The number of carboxylic acid groups (broad SMARTS) is 1. The van der Waals surface area contributed by atoms with Crippen LogP contribution in [0.1, 0.15) is 21.7 Å². The molecule has 0 aliphatic rings. The van der Waals surface area contributed by atoms with Gasteiger partial charge in [-0.2, -0.15) is 4.98 Å². The highest BCUT2D eigenvalue weighted by Crippen LogP contribution is 2.19. The predicted molar refractivity (Wildman–Crippen MR) is 66.5 cm³/mol. The molecule has 0 saturated carbocycles. The first-order valence-corrected chi connectivity index (χ1v) is 6.98. The number of hydrogen-bond acceptors (Lipinski definition) is 6. The highest BCUT2D eigenvalue weighted by molar-refractivity contribution is 7.89. The number of nitrogens with one attached hydrogen (secondary N) is 1. The normalized spacial score (nSPS) is 11.4. The molecule has 0 amide bonds. The molecular formula is C11H11N3O5S. The predicted octanol–water partition coefficient (Wildman–Crippen LogP) is 0.555. The molecule has 1 aromatic heterocycles. The largest absolute Gasteiger partial charge is 0.478 e. The zero-order valence-corrected chi connectivity index (χ0v) is 11.2. The highest BCUT2D eigenvalue weighted by Gasteiger charge is 2.20. The molecule has 1 aromatic carbocycles. The van der Waals surface area contributed by atoms with Crippen LogP contribution in [0.3, 0.4) is 0 Å². The van der Waals surface area contributed by atoms with Gasteiger partial charge in [-0.05, 0) is 24.6 Å². The van der Waals surface area contributed by atoms with Crippen LogP contribution in [-0.4, -0.2) is 29.6 Å². The van der Waals surface area contributed by atoms with Gasteiger partial charge in [0.05, 0.1) is 17.0 Å². The molecule has 2 aromatic rings. The van der Waals surface area contributed by atoms with Gasteiger partial charge in [0.2, 0.25) is 16.4 Å². The van der Waals surface area contributed by atoms with Gasteiger partial charge in [-0.15, -0.1) is 0 Å². The molecule has 0 spiro atoms. The fourth-order valence-electron chi connectivity index (χ4n) is 1.64. The van der Waals surface area contributed by atoms with Gasteiger partial charge in [0.15, 0.2) is 5.82 Å². The van der Waals surface area contributed by atoms with Crippen LogP contribution in [0, 0.1) is 6.92 Å². The third-order valence-corrected chi connectivity index (χ3v) is 4.18. The van der Waals surface area contributed by atoms with E-state index < -0.39 is 16.0 Å². The molecule has 0 atom stereocenters. The summed E-state index contributed by atoms with van der Waals surface area (Å²) in [5, 5.41) is 12.5. The monoisotopic (exact) mass is 297 g/mol. The van der Waals surface area contributed by atoms with E-state index in [1.807, 2.05) is 0 Å². The van der Waals surface area contributed by atoms with Crippen LogP contribution in [-0.2, 0) is 16.6 Å². The van der Waals surface area contributed by atoms with Crippen molar-refractivity contribution in [2.45, 2.75) is 18.4 Å². The number of carbonyl (C=O) groups is 1. The van der Waals surface area contributed by atoms with Crippen molar-refractivity contribution in [3.05, 3.63) is 41.5 Å². The van der Waals surface area contributed by atoms with E-state index in [0.29, 0.717) is 0 Å². The van der Waals surface area contributed by atoms with E-state index in [-0.39, 0.29) is 28.4 Å².